The summed E-state index contributed by atoms with van der Waals surface area (Å²) in [4.78, 5) is 3.80. The predicted molar refractivity (Wildman–Crippen MR) is 70.8 cm³/mol. The number of hydrogen-bond donors (Lipinski definition) is 2. The van der Waals surface area contributed by atoms with Gasteiger partial charge in [-0.3, -0.25) is 0 Å². The average molecular weight is 290 g/mol. The number of aromatic nitrogens is 1. The maximum atomic E-state index is 12.0. The Bertz CT molecular complexity index is 555. The van der Waals surface area contributed by atoms with Gasteiger partial charge in [-0.25, -0.2) is 18.1 Å². The molecule has 0 amide bonds. The van der Waals surface area contributed by atoms with E-state index in [0.717, 1.165) is 19.3 Å². The van der Waals surface area contributed by atoms with Crippen molar-refractivity contribution in [3.63, 3.8) is 0 Å². The van der Waals surface area contributed by atoms with Crippen LogP contribution >= 0.6 is 11.6 Å². The summed E-state index contributed by atoms with van der Waals surface area (Å²) >= 11 is 5.77. The molecule has 5 nitrogen and oxygen atoms in total. The number of nitrogens with zero attached hydrogens (tertiary/aromatic N) is 1. The first-order valence-corrected chi connectivity index (χ1v) is 7.59. The molecule has 0 bridgehead atoms. The standard InChI is InChI=1S/C11H16ClN3O2S/c1-11(3-2-4-11)7-15-18(16,17)8-5-9(12)10(13)14-6-8/h5-6,15H,2-4,7H2,1H3,(H2,13,14). The number of sulfonamides is 1. The molecule has 1 fully saturated rings. The molecule has 1 aromatic heterocycles. The summed E-state index contributed by atoms with van der Waals surface area (Å²) < 4.78 is 26.7. The van der Waals surface area contributed by atoms with Crippen molar-refractivity contribution < 1.29 is 8.42 Å². The molecule has 1 aliphatic carbocycles. The van der Waals surface area contributed by atoms with Crippen LogP contribution in [0.5, 0.6) is 0 Å². The van der Waals surface area contributed by atoms with Crippen LogP contribution in [0.15, 0.2) is 17.2 Å². The molecule has 1 saturated carbocycles. The third-order valence-corrected chi connectivity index (χ3v) is 5.08. The van der Waals surface area contributed by atoms with Crippen LogP contribution in [0.2, 0.25) is 5.02 Å². The Morgan fingerprint density at radius 3 is 2.72 bits per heavy atom. The Hall–Kier alpha value is -0.850. The highest BCUT2D eigenvalue weighted by atomic mass is 35.5. The predicted octanol–water partition coefficient (Wildman–Crippen LogP) is 1.79. The van der Waals surface area contributed by atoms with Crippen LogP contribution in [0.4, 0.5) is 5.82 Å². The summed E-state index contributed by atoms with van der Waals surface area (Å²) in [6, 6.07) is 1.31. The number of anilines is 1. The first-order chi connectivity index (χ1) is 8.32. The molecule has 0 unspecified atom stereocenters. The summed E-state index contributed by atoms with van der Waals surface area (Å²) in [6.45, 7) is 2.52. The zero-order valence-electron chi connectivity index (χ0n) is 10.1. The third kappa shape index (κ3) is 2.76. The van der Waals surface area contributed by atoms with Gasteiger partial charge >= 0.3 is 0 Å². The maximum Gasteiger partial charge on any atom is 0.242 e. The summed E-state index contributed by atoms with van der Waals surface area (Å²) in [5, 5.41) is 0.146. The second kappa shape index (κ2) is 4.68. The van der Waals surface area contributed by atoms with E-state index >= 15 is 0 Å². The molecule has 1 aromatic rings. The molecule has 0 saturated heterocycles. The monoisotopic (exact) mass is 289 g/mol. The highest BCUT2D eigenvalue weighted by Crippen LogP contribution is 2.39. The maximum absolute atomic E-state index is 12.0. The van der Waals surface area contributed by atoms with E-state index in [2.05, 4.69) is 16.6 Å². The van der Waals surface area contributed by atoms with Crippen molar-refractivity contribution in [2.45, 2.75) is 31.1 Å². The second-order valence-corrected chi connectivity index (χ2v) is 7.20. The SMILES string of the molecule is CC1(CNS(=O)(=O)c2cnc(N)c(Cl)c2)CCC1. The first-order valence-electron chi connectivity index (χ1n) is 5.73. The molecule has 0 atom stereocenters. The lowest BCUT2D eigenvalue weighted by Gasteiger charge is -2.38. The molecular weight excluding hydrogens is 274 g/mol. The van der Waals surface area contributed by atoms with Crippen molar-refractivity contribution in [1.29, 1.82) is 0 Å². The van der Waals surface area contributed by atoms with E-state index in [1.54, 1.807) is 0 Å². The Labute approximate surface area is 112 Å². The van der Waals surface area contributed by atoms with E-state index in [9.17, 15) is 8.42 Å². The van der Waals surface area contributed by atoms with Gasteiger partial charge in [0, 0.05) is 12.7 Å². The van der Waals surface area contributed by atoms with E-state index < -0.39 is 10.0 Å². The fraction of sp³-hybridized carbons (Fsp3) is 0.545. The lowest BCUT2D eigenvalue weighted by Crippen LogP contribution is -2.39. The Balaban J connectivity index is 2.12. The Kier molecular flexibility index (Phi) is 3.53. The number of rotatable bonds is 4. The van der Waals surface area contributed by atoms with Gasteiger partial charge in [-0.05, 0) is 24.3 Å². The minimum atomic E-state index is -3.56. The zero-order valence-corrected chi connectivity index (χ0v) is 11.7. The van der Waals surface area contributed by atoms with Gasteiger partial charge in [0.25, 0.3) is 0 Å². The number of nitrogens with one attached hydrogen (secondary N) is 1. The quantitative estimate of drug-likeness (QED) is 0.885. The van der Waals surface area contributed by atoms with E-state index in [0.29, 0.717) is 6.54 Å². The lowest BCUT2D eigenvalue weighted by atomic mass is 9.71. The van der Waals surface area contributed by atoms with Crippen molar-refractivity contribution in [3.8, 4) is 0 Å². The fourth-order valence-corrected chi connectivity index (χ4v) is 3.29. The van der Waals surface area contributed by atoms with Crippen LogP contribution in [-0.4, -0.2) is 19.9 Å². The number of pyridine rings is 1. The minimum absolute atomic E-state index is 0.0459. The Morgan fingerprint density at radius 2 is 2.22 bits per heavy atom. The van der Waals surface area contributed by atoms with E-state index in [1.165, 1.54) is 12.3 Å². The highest BCUT2D eigenvalue weighted by Gasteiger charge is 2.33. The number of halogens is 1. The van der Waals surface area contributed by atoms with Crippen molar-refractivity contribution >= 4 is 27.4 Å². The van der Waals surface area contributed by atoms with Crippen molar-refractivity contribution in [3.05, 3.63) is 17.3 Å². The van der Waals surface area contributed by atoms with Crippen molar-refractivity contribution in [2.24, 2.45) is 5.41 Å². The second-order valence-electron chi connectivity index (χ2n) is 5.03. The van der Waals surface area contributed by atoms with Gasteiger partial charge in [-0.2, -0.15) is 0 Å². The van der Waals surface area contributed by atoms with Gasteiger partial charge in [0.2, 0.25) is 10.0 Å². The summed E-state index contributed by atoms with van der Waals surface area (Å²) in [7, 11) is -3.56. The lowest BCUT2D eigenvalue weighted by molar-refractivity contribution is 0.166. The molecule has 1 heterocycles. The first kappa shape index (κ1) is 13.6. The van der Waals surface area contributed by atoms with Crippen LogP contribution in [0.25, 0.3) is 0 Å². The van der Waals surface area contributed by atoms with Gasteiger partial charge in [0.05, 0.1) is 5.02 Å². The molecule has 7 heteroatoms. The zero-order chi connectivity index (χ0) is 13.4. The van der Waals surface area contributed by atoms with Crippen molar-refractivity contribution in [2.75, 3.05) is 12.3 Å². The van der Waals surface area contributed by atoms with Crippen molar-refractivity contribution in [1.82, 2.24) is 9.71 Å². The molecule has 100 valence electrons. The van der Waals surface area contributed by atoms with Gasteiger partial charge < -0.3 is 5.73 Å². The van der Waals surface area contributed by atoms with Crippen LogP contribution in [0, 0.1) is 5.41 Å². The van der Waals surface area contributed by atoms with E-state index in [-0.39, 0.29) is 21.2 Å². The minimum Gasteiger partial charge on any atom is -0.382 e. The van der Waals surface area contributed by atoms with Gasteiger partial charge in [0.1, 0.15) is 10.7 Å². The molecule has 18 heavy (non-hydrogen) atoms. The normalized spacial score (nSPS) is 18.3. The van der Waals surface area contributed by atoms with Crippen LogP contribution in [0.1, 0.15) is 26.2 Å². The topological polar surface area (TPSA) is 85.1 Å². The molecule has 1 aliphatic rings. The number of nitrogens with two attached hydrogens (primary N) is 1. The van der Waals surface area contributed by atoms with Crippen LogP contribution in [-0.2, 0) is 10.0 Å². The largest absolute Gasteiger partial charge is 0.382 e. The van der Waals surface area contributed by atoms with E-state index in [4.69, 9.17) is 17.3 Å². The van der Waals surface area contributed by atoms with Gasteiger partial charge in [-0.1, -0.05) is 24.9 Å². The summed E-state index contributed by atoms with van der Waals surface area (Å²) in [5.74, 6) is 0.126. The van der Waals surface area contributed by atoms with Gasteiger partial charge in [-0.15, -0.1) is 0 Å². The van der Waals surface area contributed by atoms with Crippen LogP contribution < -0.4 is 10.5 Å². The third-order valence-electron chi connectivity index (χ3n) is 3.40. The number of hydrogen-bond acceptors (Lipinski definition) is 4. The fourth-order valence-electron chi connectivity index (χ4n) is 1.89. The summed E-state index contributed by atoms with van der Waals surface area (Å²) in [6.07, 6.45) is 4.48. The van der Waals surface area contributed by atoms with E-state index in [1.807, 2.05) is 0 Å². The highest BCUT2D eigenvalue weighted by molar-refractivity contribution is 7.89. The molecular formula is C11H16ClN3O2S. The Morgan fingerprint density at radius 1 is 1.56 bits per heavy atom. The summed E-state index contributed by atoms with van der Waals surface area (Å²) in [5.41, 5.74) is 5.53. The molecule has 0 radical (unpaired) electrons. The molecule has 2 rings (SSSR count). The molecule has 0 aromatic carbocycles. The molecule has 0 spiro atoms. The molecule has 0 aliphatic heterocycles. The number of nitrogen functional groups attached to an aromatic ring is 1. The van der Waals surface area contributed by atoms with Gasteiger partial charge in [0.15, 0.2) is 0 Å². The smallest absolute Gasteiger partial charge is 0.242 e. The van der Waals surface area contributed by atoms with Crippen LogP contribution in [0.3, 0.4) is 0 Å². The average Bonchev–Trinajstić information content (AvgIpc) is 2.27. The molecule has 3 N–H and O–H groups in total.